The molecule has 1 aliphatic carbocycles. The molecule has 2 aliphatic rings. The van der Waals surface area contributed by atoms with Crippen LogP contribution in [0.3, 0.4) is 0 Å². The predicted molar refractivity (Wildman–Crippen MR) is 84.7 cm³/mol. The molecule has 0 aromatic heterocycles. The lowest BCUT2D eigenvalue weighted by molar-refractivity contribution is 0.308. The summed E-state index contributed by atoms with van der Waals surface area (Å²) in [6.07, 6.45) is 6.34. The first-order chi connectivity index (χ1) is 10.7. The highest BCUT2D eigenvalue weighted by atomic mass is 16.5. The van der Waals surface area contributed by atoms with Crippen LogP contribution < -0.4 is 4.74 Å². The molecule has 0 saturated heterocycles. The van der Waals surface area contributed by atoms with E-state index >= 15 is 0 Å². The van der Waals surface area contributed by atoms with E-state index in [-0.39, 0.29) is 11.5 Å². The summed E-state index contributed by atoms with van der Waals surface area (Å²) in [5, 5.41) is 19.5. The number of phenols is 2. The minimum Gasteiger partial charge on any atom is -0.508 e. The lowest BCUT2D eigenvalue weighted by Gasteiger charge is -2.36. The molecule has 4 rings (SSSR count). The Hall–Kier alpha value is -2.16. The monoisotopic (exact) mass is 296 g/mol. The first-order valence-corrected chi connectivity index (χ1v) is 8.06. The van der Waals surface area contributed by atoms with Crippen LogP contribution in [-0.2, 0) is 0 Å². The number of hydrogen-bond donors (Lipinski definition) is 2. The van der Waals surface area contributed by atoms with Crippen LogP contribution in [0.25, 0.3) is 0 Å². The van der Waals surface area contributed by atoms with E-state index in [9.17, 15) is 10.2 Å². The molecule has 3 nitrogen and oxygen atoms in total. The maximum absolute atomic E-state index is 9.76. The van der Waals surface area contributed by atoms with Crippen LogP contribution in [0.5, 0.6) is 23.0 Å². The number of benzene rings is 2. The number of hydrogen-bond acceptors (Lipinski definition) is 3. The summed E-state index contributed by atoms with van der Waals surface area (Å²) < 4.78 is 5.94. The molecule has 1 aliphatic heterocycles. The Morgan fingerprint density at radius 3 is 1.86 bits per heavy atom. The fourth-order valence-corrected chi connectivity index (χ4v) is 4.00. The van der Waals surface area contributed by atoms with Gasteiger partial charge in [-0.2, -0.15) is 0 Å². The molecule has 0 unspecified atom stereocenters. The maximum atomic E-state index is 9.76. The van der Waals surface area contributed by atoms with Gasteiger partial charge in [-0.25, -0.2) is 0 Å². The lowest BCUT2D eigenvalue weighted by Crippen LogP contribution is -2.21. The molecule has 1 heterocycles. The van der Waals surface area contributed by atoms with Crippen LogP contribution in [0.4, 0.5) is 0 Å². The van der Waals surface area contributed by atoms with Crippen molar-refractivity contribution in [2.24, 2.45) is 5.92 Å². The minimum atomic E-state index is 0.213. The summed E-state index contributed by atoms with van der Waals surface area (Å²) >= 11 is 0. The average molecular weight is 296 g/mol. The van der Waals surface area contributed by atoms with Crippen LogP contribution in [-0.4, -0.2) is 10.2 Å². The molecule has 0 bridgehead atoms. The normalized spacial score (nSPS) is 18.4. The van der Waals surface area contributed by atoms with E-state index in [0.717, 1.165) is 11.1 Å². The third-order valence-electron chi connectivity index (χ3n) is 5.01. The van der Waals surface area contributed by atoms with Crippen molar-refractivity contribution in [1.29, 1.82) is 0 Å². The van der Waals surface area contributed by atoms with Gasteiger partial charge in [0.25, 0.3) is 0 Å². The van der Waals surface area contributed by atoms with Gasteiger partial charge < -0.3 is 14.9 Å². The van der Waals surface area contributed by atoms with Crippen molar-refractivity contribution < 1.29 is 14.9 Å². The van der Waals surface area contributed by atoms with Crippen molar-refractivity contribution in [3.05, 3.63) is 47.5 Å². The van der Waals surface area contributed by atoms with E-state index < -0.39 is 0 Å². The molecule has 2 N–H and O–H groups in total. The zero-order valence-electron chi connectivity index (χ0n) is 12.5. The van der Waals surface area contributed by atoms with Crippen molar-refractivity contribution in [2.45, 2.75) is 38.0 Å². The molecule has 0 amide bonds. The first kappa shape index (κ1) is 13.5. The standard InChI is InChI=1S/C19H20O3/c20-13-6-8-15-17(10-13)22-18-11-14(21)7-9-16(18)19(15)12-4-2-1-3-5-12/h6-12,19-21H,1-5H2. The third kappa shape index (κ3) is 2.21. The second-order valence-electron chi connectivity index (χ2n) is 6.42. The summed E-state index contributed by atoms with van der Waals surface area (Å²) in [7, 11) is 0. The van der Waals surface area contributed by atoms with E-state index in [1.54, 1.807) is 24.3 Å². The highest BCUT2D eigenvalue weighted by Crippen LogP contribution is 2.51. The topological polar surface area (TPSA) is 49.7 Å². The molecule has 0 atom stereocenters. The largest absolute Gasteiger partial charge is 0.508 e. The predicted octanol–water partition coefficient (Wildman–Crippen LogP) is 4.92. The van der Waals surface area contributed by atoms with Gasteiger partial charge in [0.15, 0.2) is 0 Å². The third-order valence-corrected chi connectivity index (χ3v) is 5.01. The minimum absolute atomic E-state index is 0.213. The fourth-order valence-electron chi connectivity index (χ4n) is 4.00. The highest BCUT2D eigenvalue weighted by Gasteiger charge is 2.34. The van der Waals surface area contributed by atoms with Gasteiger partial charge in [-0.05, 0) is 30.9 Å². The van der Waals surface area contributed by atoms with E-state index in [4.69, 9.17) is 4.74 Å². The van der Waals surface area contributed by atoms with Gasteiger partial charge in [-0.1, -0.05) is 31.4 Å². The van der Waals surface area contributed by atoms with Gasteiger partial charge in [0.1, 0.15) is 23.0 Å². The number of phenolic OH excluding ortho intramolecular Hbond substituents is 2. The molecule has 0 radical (unpaired) electrons. The van der Waals surface area contributed by atoms with Gasteiger partial charge in [-0.15, -0.1) is 0 Å². The second-order valence-corrected chi connectivity index (χ2v) is 6.42. The van der Waals surface area contributed by atoms with Gasteiger partial charge in [0.05, 0.1) is 0 Å². The SMILES string of the molecule is Oc1ccc2c(c1)Oc1cc(O)ccc1C2C1CCCCC1. The van der Waals surface area contributed by atoms with Crippen molar-refractivity contribution in [3.63, 3.8) is 0 Å². The van der Waals surface area contributed by atoms with Gasteiger partial charge in [-0.3, -0.25) is 0 Å². The Kier molecular flexibility index (Phi) is 3.21. The molecule has 1 fully saturated rings. The van der Waals surface area contributed by atoms with Crippen molar-refractivity contribution in [2.75, 3.05) is 0 Å². The van der Waals surface area contributed by atoms with Crippen LogP contribution >= 0.6 is 0 Å². The second kappa shape index (κ2) is 5.24. The number of rotatable bonds is 1. The summed E-state index contributed by atoms with van der Waals surface area (Å²) in [4.78, 5) is 0. The Labute approximate surface area is 130 Å². The van der Waals surface area contributed by atoms with Crippen molar-refractivity contribution >= 4 is 0 Å². The summed E-state index contributed by atoms with van der Waals surface area (Å²) in [6, 6.07) is 10.8. The molecule has 3 heteroatoms. The van der Waals surface area contributed by atoms with E-state index in [0.29, 0.717) is 23.3 Å². The van der Waals surface area contributed by atoms with Gasteiger partial charge >= 0.3 is 0 Å². The summed E-state index contributed by atoms with van der Waals surface area (Å²) in [6.45, 7) is 0. The molecule has 2 aromatic carbocycles. The molecule has 114 valence electrons. The molecule has 2 aromatic rings. The van der Waals surface area contributed by atoms with Crippen LogP contribution in [0.2, 0.25) is 0 Å². The van der Waals surface area contributed by atoms with Crippen LogP contribution in [0.1, 0.15) is 49.1 Å². The van der Waals surface area contributed by atoms with Crippen molar-refractivity contribution in [1.82, 2.24) is 0 Å². The summed E-state index contributed by atoms with van der Waals surface area (Å²) in [5.74, 6) is 2.75. The van der Waals surface area contributed by atoms with Crippen LogP contribution in [0.15, 0.2) is 36.4 Å². The molecular formula is C19H20O3. The molecular weight excluding hydrogens is 276 g/mol. The van der Waals surface area contributed by atoms with E-state index in [2.05, 4.69) is 0 Å². The lowest BCUT2D eigenvalue weighted by atomic mass is 9.72. The fraction of sp³-hybridized carbons (Fsp3) is 0.368. The van der Waals surface area contributed by atoms with E-state index in [1.165, 1.54) is 32.1 Å². The smallest absolute Gasteiger partial charge is 0.134 e. The maximum Gasteiger partial charge on any atom is 0.134 e. The number of aromatic hydroxyl groups is 2. The highest BCUT2D eigenvalue weighted by molar-refractivity contribution is 5.57. The van der Waals surface area contributed by atoms with Gasteiger partial charge in [0, 0.05) is 29.2 Å². The zero-order valence-corrected chi connectivity index (χ0v) is 12.5. The summed E-state index contributed by atoms with van der Waals surface area (Å²) in [5.41, 5.74) is 2.31. The Balaban J connectivity index is 1.85. The molecule has 22 heavy (non-hydrogen) atoms. The van der Waals surface area contributed by atoms with E-state index in [1.807, 2.05) is 12.1 Å². The number of fused-ring (bicyclic) bond motifs is 2. The Morgan fingerprint density at radius 2 is 1.32 bits per heavy atom. The number of ether oxygens (including phenoxy) is 1. The zero-order chi connectivity index (χ0) is 15.1. The molecule has 1 saturated carbocycles. The van der Waals surface area contributed by atoms with Gasteiger partial charge in [0.2, 0.25) is 0 Å². The first-order valence-electron chi connectivity index (χ1n) is 8.06. The Morgan fingerprint density at radius 1 is 0.773 bits per heavy atom. The average Bonchev–Trinajstić information content (AvgIpc) is 2.53. The molecule has 0 spiro atoms. The van der Waals surface area contributed by atoms with Crippen LogP contribution in [0, 0.1) is 5.92 Å². The quantitative estimate of drug-likeness (QED) is 0.785. The van der Waals surface area contributed by atoms with Crippen molar-refractivity contribution in [3.8, 4) is 23.0 Å². The Bertz CT molecular complexity index is 650.